The van der Waals surface area contributed by atoms with E-state index in [0.717, 1.165) is 60.7 Å². The van der Waals surface area contributed by atoms with Gasteiger partial charge < -0.3 is 8.98 Å². The summed E-state index contributed by atoms with van der Waals surface area (Å²) in [5.41, 5.74) is 13.6. The van der Waals surface area contributed by atoms with Crippen LogP contribution in [0.25, 0.3) is 110 Å². The third-order valence-corrected chi connectivity index (χ3v) is 10.4. The fourth-order valence-corrected chi connectivity index (χ4v) is 8.27. The van der Waals surface area contributed by atoms with Crippen molar-refractivity contribution in [3.8, 4) is 16.8 Å². The minimum atomic E-state index is 0.900. The lowest BCUT2D eigenvalue weighted by Crippen LogP contribution is -1.94. The molecule has 0 aliphatic heterocycles. The van der Waals surface area contributed by atoms with Crippen molar-refractivity contribution in [1.29, 1.82) is 0 Å². The van der Waals surface area contributed by atoms with Gasteiger partial charge in [0.25, 0.3) is 0 Å². The summed E-state index contributed by atoms with van der Waals surface area (Å²) in [7, 11) is 0. The summed E-state index contributed by atoms with van der Waals surface area (Å²) < 4.78 is 10.9. The molecule has 5 heteroatoms. The molecule has 0 spiro atoms. The summed E-state index contributed by atoms with van der Waals surface area (Å²) >= 11 is 0. The summed E-state index contributed by atoms with van der Waals surface area (Å²) in [6, 6.07) is 51.9. The van der Waals surface area contributed by atoms with Crippen LogP contribution in [0, 0.1) is 0 Å². The third kappa shape index (κ3) is 3.28. The molecule has 0 fully saturated rings. The van der Waals surface area contributed by atoms with Gasteiger partial charge in [-0.1, -0.05) is 84.9 Å². The van der Waals surface area contributed by atoms with Crippen molar-refractivity contribution in [2.24, 2.45) is 0 Å². The van der Waals surface area contributed by atoms with Crippen molar-refractivity contribution >= 4 is 93.1 Å². The van der Waals surface area contributed by atoms with E-state index in [-0.39, 0.29) is 0 Å². The van der Waals surface area contributed by atoms with E-state index >= 15 is 0 Å². The van der Waals surface area contributed by atoms with E-state index in [9.17, 15) is 0 Å². The van der Waals surface area contributed by atoms with Gasteiger partial charge >= 0.3 is 0 Å². The van der Waals surface area contributed by atoms with Gasteiger partial charge in [-0.3, -0.25) is 4.40 Å². The maximum atomic E-state index is 6.13. The molecule has 0 saturated heterocycles. The Morgan fingerprint density at radius 3 is 2.08 bits per heavy atom. The molecule has 0 atom stereocenters. The number of para-hydroxylation sites is 5. The van der Waals surface area contributed by atoms with Gasteiger partial charge in [0.05, 0.1) is 33.1 Å². The molecule has 12 rings (SSSR count). The Hall–Kier alpha value is -6.72. The zero-order valence-corrected chi connectivity index (χ0v) is 26.1. The molecule has 0 saturated carbocycles. The Labute approximate surface area is 278 Å². The lowest BCUT2D eigenvalue weighted by Gasteiger charge is -2.10. The van der Waals surface area contributed by atoms with Gasteiger partial charge in [-0.05, 0) is 71.8 Å². The molecular weight excluding hydrogens is 601 g/mol. The molecule has 0 radical (unpaired) electrons. The second-order valence-electron chi connectivity index (χ2n) is 13.0. The van der Waals surface area contributed by atoms with Gasteiger partial charge in [0, 0.05) is 43.4 Å². The average molecular weight is 625 g/mol. The number of hydrogen-bond acceptors (Lipinski definition) is 3. The predicted molar refractivity (Wildman–Crippen MR) is 201 cm³/mol. The van der Waals surface area contributed by atoms with Crippen LogP contribution in [-0.4, -0.2) is 18.9 Å². The fourth-order valence-electron chi connectivity index (χ4n) is 8.27. The van der Waals surface area contributed by atoms with Gasteiger partial charge in [-0.15, -0.1) is 0 Å². The Bertz CT molecular complexity index is 3340. The molecule has 0 N–H and O–H groups in total. The highest BCUT2D eigenvalue weighted by Gasteiger charge is 2.21. The Balaban J connectivity index is 1.12. The van der Waals surface area contributed by atoms with Crippen molar-refractivity contribution < 1.29 is 4.42 Å². The second kappa shape index (κ2) is 9.00. The largest absolute Gasteiger partial charge is 0.456 e. The monoisotopic (exact) mass is 624 g/mol. The van der Waals surface area contributed by atoms with Crippen LogP contribution in [0.5, 0.6) is 0 Å². The fraction of sp³-hybridized carbons (Fsp3) is 0. The van der Waals surface area contributed by atoms with E-state index in [0.29, 0.717) is 0 Å². The highest BCUT2D eigenvalue weighted by molar-refractivity contribution is 6.23. The zero-order chi connectivity index (χ0) is 31.8. The van der Waals surface area contributed by atoms with Gasteiger partial charge in [-0.2, -0.15) is 0 Å². The molecule has 0 aliphatic carbocycles. The number of furan rings is 1. The third-order valence-electron chi connectivity index (χ3n) is 10.4. The van der Waals surface area contributed by atoms with Crippen molar-refractivity contribution in [3.05, 3.63) is 146 Å². The van der Waals surface area contributed by atoms with Crippen LogP contribution in [0.15, 0.2) is 150 Å². The van der Waals surface area contributed by atoms with Crippen molar-refractivity contribution in [1.82, 2.24) is 18.9 Å². The molecule has 5 aromatic heterocycles. The van der Waals surface area contributed by atoms with Gasteiger partial charge in [0.2, 0.25) is 0 Å². The summed E-state index contributed by atoms with van der Waals surface area (Å²) in [6.07, 6.45) is 0. The van der Waals surface area contributed by atoms with Gasteiger partial charge in [-0.25, -0.2) is 9.97 Å². The molecule has 5 heterocycles. The number of benzene rings is 7. The average Bonchev–Trinajstić information content (AvgIpc) is 3.88. The summed E-state index contributed by atoms with van der Waals surface area (Å²) in [4.78, 5) is 10.2. The summed E-state index contributed by atoms with van der Waals surface area (Å²) in [5.74, 6) is 0. The Morgan fingerprint density at radius 1 is 0.429 bits per heavy atom. The van der Waals surface area contributed by atoms with E-state index in [2.05, 4.69) is 118 Å². The van der Waals surface area contributed by atoms with E-state index in [4.69, 9.17) is 14.4 Å². The molecule has 7 aromatic carbocycles. The van der Waals surface area contributed by atoms with E-state index in [1.165, 1.54) is 49.2 Å². The van der Waals surface area contributed by atoms with Crippen molar-refractivity contribution in [3.63, 3.8) is 0 Å². The number of aromatic nitrogens is 4. The lowest BCUT2D eigenvalue weighted by atomic mass is 10.0. The normalized spacial score (nSPS) is 12.5. The Morgan fingerprint density at radius 2 is 1.14 bits per heavy atom. The SMILES string of the molecule is c1ccc2nc3c(nc2c1)c1cccc2c4cc(-n5c6ccccc6c6ccc(-c7ccc8oc9ccccc9c8c7)cc65)ccc4n3c21. The van der Waals surface area contributed by atoms with Crippen LogP contribution in [0.4, 0.5) is 0 Å². The second-order valence-corrected chi connectivity index (χ2v) is 13.0. The first-order valence-corrected chi connectivity index (χ1v) is 16.6. The zero-order valence-electron chi connectivity index (χ0n) is 26.1. The summed E-state index contributed by atoms with van der Waals surface area (Å²) in [5, 5.41) is 8.29. The van der Waals surface area contributed by atoms with Crippen LogP contribution in [0.2, 0.25) is 0 Å². The number of fused-ring (bicyclic) bond motifs is 13. The molecule has 0 aliphatic rings. The van der Waals surface area contributed by atoms with Gasteiger partial charge in [0.1, 0.15) is 16.7 Å². The van der Waals surface area contributed by atoms with Crippen molar-refractivity contribution in [2.75, 3.05) is 0 Å². The minimum absolute atomic E-state index is 0.900. The lowest BCUT2D eigenvalue weighted by molar-refractivity contribution is 0.669. The minimum Gasteiger partial charge on any atom is -0.456 e. The predicted octanol–water partition coefficient (Wildman–Crippen LogP) is 11.4. The number of rotatable bonds is 2. The first kappa shape index (κ1) is 25.4. The van der Waals surface area contributed by atoms with Crippen LogP contribution in [-0.2, 0) is 0 Å². The smallest absolute Gasteiger partial charge is 0.165 e. The standard InChI is InChI=1S/C44H24N4O/c1-5-14-37-28(8-1)29-19-16-26(25-17-21-41-34(22-25)30-9-2-6-15-40(30)49-41)23-39(29)47(37)27-18-20-38-33(24-27)31-10-7-11-32-42-44(48(38)43(31)32)46-36-13-4-3-12-35(36)45-42/h1-24H. The molecule has 49 heavy (non-hydrogen) atoms. The van der Waals surface area contributed by atoms with Crippen LogP contribution in [0.1, 0.15) is 0 Å². The first-order chi connectivity index (χ1) is 24.3. The number of nitrogens with zero attached hydrogens (tertiary/aromatic N) is 4. The van der Waals surface area contributed by atoms with E-state index in [1.54, 1.807) is 0 Å². The maximum absolute atomic E-state index is 6.13. The van der Waals surface area contributed by atoms with Gasteiger partial charge in [0.15, 0.2) is 5.65 Å². The highest BCUT2D eigenvalue weighted by Crippen LogP contribution is 2.41. The van der Waals surface area contributed by atoms with Crippen LogP contribution in [0.3, 0.4) is 0 Å². The number of hydrogen-bond donors (Lipinski definition) is 0. The van der Waals surface area contributed by atoms with Crippen LogP contribution < -0.4 is 0 Å². The van der Waals surface area contributed by atoms with Crippen molar-refractivity contribution in [2.45, 2.75) is 0 Å². The maximum Gasteiger partial charge on any atom is 0.165 e. The first-order valence-electron chi connectivity index (χ1n) is 16.6. The molecule has 0 amide bonds. The van der Waals surface area contributed by atoms with E-state index in [1.807, 2.05) is 36.4 Å². The summed E-state index contributed by atoms with van der Waals surface area (Å²) in [6.45, 7) is 0. The van der Waals surface area contributed by atoms with E-state index < -0.39 is 0 Å². The van der Waals surface area contributed by atoms with Crippen LogP contribution >= 0.6 is 0 Å². The molecular formula is C44H24N4O. The Kier molecular flexibility index (Phi) is 4.66. The molecule has 0 bridgehead atoms. The molecule has 0 unspecified atom stereocenters. The molecule has 226 valence electrons. The molecule has 12 aromatic rings. The molecule has 5 nitrogen and oxygen atoms in total. The topological polar surface area (TPSA) is 48.3 Å². The quantitative estimate of drug-likeness (QED) is 0.192. The highest BCUT2D eigenvalue weighted by atomic mass is 16.3.